The van der Waals surface area contributed by atoms with Crippen LogP contribution in [0.15, 0.2) is 30.0 Å². The average Bonchev–Trinajstić information content (AvgIpc) is 3.18. The number of nitrogens with zero attached hydrogens (tertiary/aromatic N) is 2. The first-order chi connectivity index (χ1) is 12.5. The highest BCUT2D eigenvalue weighted by atomic mass is 16.2. The first-order valence-corrected chi connectivity index (χ1v) is 8.76. The lowest BCUT2D eigenvalue weighted by Crippen LogP contribution is -2.28. The molecule has 0 saturated carbocycles. The van der Waals surface area contributed by atoms with E-state index in [0.29, 0.717) is 49.7 Å². The number of nitrogens with one attached hydrogen (secondary N) is 1. The van der Waals surface area contributed by atoms with Crippen molar-refractivity contribution in [3.8, 4) is 0 Å². The minimum absolute atomic E-state index is 0.0170. The SMILES string of the molecule is NC(=O)C1=CC2CN(C(=O)/C=C/c3cnc4c(c3)CCC(=O)N4)CC2C1. The molecule has 2 unspecified atom stereocenters. The van der Waals surface area contributed by atoms with E-state index in [1.54, 1.807) is 18.3 Å². The van der Waals surface area contributed by atoms with Crippen LogP contribution in [-0.4, -0.2) is 40.7 Å². The van der Waals surface area contributed by atoms with Crippen molar-refractivity contribution in [1.82, 2.24) is 9.88 Å². The predicted molar refractivity (Wildman–Crippen MR) is 95.7 cm³/mol. The third-order valence-electron chi connectivity index (χ3n) is 5.30. The van der Waals surface area contributed by atoms with Crippen molar-refractivity contribution in [1.29, 1.82) is 0 Å². The number of carbonyl (C=O) groups excluding carboxylic acids is 3. The lowest BCUT2D eigenvalue weighted by Gasteiger charge is -2.16. The number of aryl methyl sites for hydroxylation is 1. The molecule has 1 saturated heterocycles. The van der Waals surface area contributed by atoms with Crippen LogP contribution in [0.25, 0.3) is 6.08 Å². The minimum atomic E-state index is -0.353. The Hall–Kier alpha value is -2.96. The van der Waals surface area contributed by atoms with Crippen molar-refractivity contribution in [3.63, 3.8) is 0 Å². The first kappa shape index (κ1) is 16.5. The number of fused-ring (bicyclic) bond motifs is 2. The van der Waals surface area contributed by atoms with E-state index in [1.807, 2.05) is 17.0 Å². The van der Waals surface area contributed by atoms with Gasteiger partial charge in [0.15, 0.2) is 0 Å². The van der Waals surface area contributed by atoms with E-state index in [0.717, 1.165) is 11.1 Å². The number of anilines is 1. The van der Waals surface area contributed by atoms with Crippen LogP contribution in [0.3, 0.4) is 0 Å². The second-order valence-electron chi connectivity index (χ2n) is 7.09. The first-order valence-electron chi connectivity index (χ1n) is 8.76. The van der Waals surface area contributed by atoms with Crippen LogP contribution in [0.2, 0.25) is 0 Å². The van der Waals surface area contributed by atoms with Gasteiger partial charge in [-0.2, -0.15) is 0 Å². The molecule has 3 heterocycles. The van der Waals surface area contributed by atoms with E-state index < -0.39 is 0 Å². The van der Waals surface area contributed by atoms with Gasteiger partial charge in [0.25, 0.3) is 0 Å². The van der Waals surface area contributed by atoms with Gasteiger partial charge in [0.05, 0.1) is 0 Å². The molecule has 2 atom stereocenters. The summed E-state index contributed by atoms with van der Waals surface area (Å²) < 4.78 is 0. The fourth-order valence-corrected chi connectivity index (χ4v) is 3.91. The molecule has 2 aliphatic heterocycles. The zero-order valence-electron chi connectivity index (χ0n) is 14.3. The second kappa shape index (κ2) is 6.40. The van der Waals surface area contributed by atoms with Gasteiger partial charge in [0.2, 0.25) is 17.7 Å². The summed E-state index contributed by atoms with van der Waals surface area (Å²) in [6.07, 6.45) is 8.66. The Bertz CT molecular complexity index is 858. The number of carbonyl (C=O) groups is 3. The smallest absolute Gasteiger partial charge is 0.246 e. The Kier molecular flexibility index (Phi) is 4.06. The van der Waals surface area contributed by atoms with Crippen LogP contribution in [0.5, 0.6) is 0 Å². The quantitative estimate of drug-likeness (QED) is 0.787. The van der Waals surface area contributed by atoms with E-state index in [9.17, 15) is 14.4 Å². The molecule has 4 rings (SSSR count). The molecule has 1 aromatic rings. The number of rotatable bonds is 3. The number of hydrogen-bond acceptors (Lipinski definition) is 4. The molecule has 0 radical (unpaired) electrons. The zero-order valence-corrected chi connectivity index (χ0v) is 14.3. The van der Waals surface area contributed by atoms with Gasteiger partial charge in [-0.05, 0) is 42.0 Å². The van der Waals surface area contributed by atoms with Gasteiger partial charge in [0.1, 0.15) is 5.82 Å². The Morgan fingerprint density at radius 3 is 2.92 bits per heavy atom. The van der Waals surface area contributed by atoms with Crippen molar-refractivity contribution in [3.05, 3.63) is 41.1 Å². The number of likely N-dealkylation sites (tertiary alicyclic amines) is 1. The molecule has 0 aromatic carbocycles. The fraction of sp³-hybridized carbons (Fsp3) is 0.368. The zero-order chi connectivity index (χ0) is 18.3. The maximum Gasteiger partial charge on any atom is 0.246 e. The third-order valence-corrected chi connectivity index (χ3v) is 5.30. The van der Waals surface area contributed by atoms with Crippen molar-refractivity contribution >= 4 is 29.6 Å². The maximum absolute atomic E-state index is 12.4. The molecule has 26 heavy (non-hydrogen) atoms. The van der Waals surface area contributed by atoms with Gasteiger partial charge in [-0.3, -0.25) is 14.4 Å². The summed E-state index contributed by atoms with van der Waals surface area (Å²) in [4.78, 5) is 41.1. The lowest BCUT2D eigenvalue weighted by atomic mass is 10.00. The molecule has 3 N–H and O–H groups in total. The number of nitrogens with two attached hydrogens (primary N) is 1. The molecule has 3 aliphatic rings. The highest BCUT2D eigenvalue weighted by molar-refractivity contribution is 5.94. The minimum Gasteiger partial charge on any atom is -0.366 e. The van der Waals surface area contributed by atoms with Crippen molar-refractivity contribution in [2.45, 2.75) is 19.3 Å². The molecule has 0 spiro atoms. The van der Waals surface area contributed by atoms with Crippen molar-refractivity contribution in [2.24, 2.45) is 17.6 Å². The largest absolute Gasteiger partial charge is 0.366 e. The summed E-state index contributed by atoms with van der Waals surface area (Å²) in [6.45, 7) is 1.27. The number of primary amides is 1. The molecule has 1 fully saturated rings. The number of amides is 3. The van der Waals surface area contributed by atoms with Crippen LogP contribution >= 0.6 is 0 Å². The molecule has 1 aromatic heterocycles. The monoisotopic (exact) mass is 352 g/mol. The van der Waals surface area contributed by atoms with Crippen LogP contribution in [0, 0.1) is 11.8 Å². The summed E-state index contributed by atoms with van der Waals surface area (Å²) in [6, 6.07) is 1.95. The summed E-state index contributed by atoms with van der Waals surface area (Å²) in [5, 5.41) is 2.74. The molecule has 134 valence electrons. The van der Waals surface area contributed by atoms with Gasteiger partial charge in [-0.25, -0.2) is 4.98 Å². The Labute approximate surface area is 150 Å². The Balaban J connectivity index is 1.40. The molecule has 7 nitrogen and oxygen atoms in total. The molecule has 0 bridgehead atoms. The molecular weight excluding hydrogens is 332 g/mol. The Morgan fingerprint density at radius 2 is 2.15 bits per heavy atom. The van der Waals surface area contributed by atoms with Gasteiger partial charge in [-0.1, -0.05) is 6.08 Å². The van der Waals surface area contributed by atoms with Crippen molar-refractivity contribution in [2.75, 3.05) is 18.4 Å². The molecular formula is C19H20N4O3. The Morgan fingerprint density at radius 1 is 1.31 bits per heavy atom. The van der Waals surface area contributed by atoms with Gasteiger partial charge in [0, 0.05) is 43.3 Å². The van der Waals surface area contributed by atoms with Gasteiger partial charge < -0.3 is 16.0 Å². The molecule has 3 amide bonds. The maximum atomic E-state index is 12.4. The predicted octanol–water partition coefficient (Wildman–Crippen LogP) is 0.869. The van der Waals surface area contributed by atoms with Crippen molar-refractivity contribution < 1.29 is 14.4 Å². The van der Waals surface area contributed by atoms with E-state index in [-0.39, 0.29) is 23.6 Å². The van der Waals surface area contributed by atoms with Gasteiger partial charge in [-0.15, -0.1) is 0 Å². The van der Waals surface area contributed by atoms with E-state index in [1.165, 1.54) is 0 Å². The molecule has 1 aliphatic carbocycles. The summed E-state index contributed by atoms with van der Waals surface area (Å²) in [5.41, 5.74) is 7.85. The van der Waals surface area contributed by atoms with Crippen LogP contribution in [-0.2, 0) is 20.8 Å². The summed E-state index contributed by atoms with van der Waals surface area (Å²) in [5.74, 6) is 0.714. The third kappa shape index (κ3) is 3.12. The standard InChI is InChI=1S/C19H20N4O3/c20-18(26)13-6-14-9-23(10-15(14)7-13)17(25)4-1-11-5-12-2-3-16(24)22-19(12)21-8-11/h1,4-6,8,14-15H,2-3,7,9-10H2,(H2,20,26)(H,21,22,24)/b4-1+. The number of hydrogen-bond donors (Lipinski definition) is 2. The average molecular weight is 352 g/mol. The summed E-state index contributed by atoms with van der Waals surface area (Å²) in [7, 11) is 0. The second-order valence-corrected chi connectivity index (χ2v) is 7.09. The fourth-order valence-electron chi connectivity index (χ4n) is 3.91. The van der Waals surface area contributed by atoms with Crippen LogP contribution < -0.4 is 11.1 Å². The van der Waals surface area contributed by atoms with Crippen LogP contribution in [0.1, 0.15) is 24.0 Å². The number of aromatic nitrogens is 1. The van der Waals surface area contributed by atoms with Crippen LogP contribution in [0.4, 0.5) is 5.82 Å². The van der Waals surface area contributed by atoms with Gasteiger partial charge >= 0.3 is 0 Å². The molecule has 7 heteroatoms. The normalized spacial score (nSPS) is 24.2. The van der Waals surface area contributed by atoms with E-state index in [2.05, 4.69) is 10.3 Å². The lowest BCUT2D eigenvalue weighted by molar-refractivity contribution is -0.125. The highest BCUT2D eigenvalue weighted by Gasteiger charge is 2.38. The summed E-state index contributed by atoms with van der Waals surface area (Å²) >= 11 is 0. The van der Waals surface area contributed by atoms with E-state index >= 15 is 0 Å². The topological polar surface area (TPSA) is 105 Å². The number of pyridine rings is 1. The highest BCUT2D eigenvalue weighted by Crippen LogP contribution is 2.36. The van der Waals surface area contributed by atoms with E-state index in [4.69, 9.17) is 5.73 Å².